The smallest absolute Gasteiger partial charge is 0.426 e. The van der Waals surface area contributed by atoms with Gasteiger partial charge in [-0.25, -0.2) is 9.78 Å². The Kier molecular flexibility index (Phi) is 7.76. The van der Waals surface area contributed by atoms with Crippen LogP contribution in [0.1, 0.15) is 49.9 Å². The molecule has 9 nitrogen and oxygen atoms in total. The van der Waals surface area contributed by atoms with E-state index in [1.54, 1.807) is 36.4 Å². The lowest BCUT2D eigenvalue weighted by Crippen LogP contribution is -2.56. The minimum atomic E-state index is -5.80. The van der Waals surface area contributed by atoms with Crippen molar-refractivity contribution in [2.45, 2.75) is 70.7 Å². The molecule has 1 saturated heterocycles. The molecule has 1 fully saturated rings. The first-order valence-electron chi connectivity index (χ1n) is 11.7. The molecule has 0 aliphatic carbocycles. The van der Waals surface area contributed by atoms with Crippen molar-refractivity contribution in [3.8, 4) is 0 Å². The van der Waals surface area contributed by atoms with E-state index in [0.717, 1.165) is 4.90 Å². The zero-order chi connectivity index (χ0) is 27.9. The molecule has 1 aromatic heterocycles. The molecule has 2 aliphatic rings. The van der Waals surface area contributed by atoms with Crippen molar-refractivity contribution in [2.24, 2.45) is 5.92 Å². The van der Waals surface area contributed by atoms with Crippen LogP contribution < -0.4 is 0 Å². The van der Waals surface area contributed by atoms with Gasteiger partial charge >= 0.3 is 18.4 Å². The Morgan fingerprint density at radius 1 is 1.00 bits per heavy atom. The summed E-state index contributed by atoms with van der Waals surface area (Å²) in [5.74, 6) is -0.0709. The third-order valence-electron chi connectivity index (χ3n) is 6.85. The topological polar surface area (TPSA) is 88.0 Å². The highest BCUT2D eigenvalue weighted by Crippen LogP contribution is 2.37. The molecule has 0 aromatic carbocycles. The van der Waals surface area contributed by atoms with Gasteiger partial charge in [-0.15, -0.1) is 0 Å². The minimum absolute atomic E-state index is 0.0196. The third-order valence-corrected chi connectivity index (χ3v) is 6.85. The van der Waals surface area contributed by atoms with Crippen molar-refractivity contribution in [3.05, 3.63) is 17.7 Å². The van der Waals surface area contributed by atoms with Crippen LogP contribution in [0.2, 0.25) is 0 Å². The maximum atomic E-state index is 13.2. The van der Waals surface area contributed by atoms with Crippen LogP contribution in [0.15, 0.2) is 6.20 Å². The Labute approximate surface area is 209 Å². The summed E-state index contributed by atoms with van der Waals surface area (Å²) < 4.78 is 81.9. The van der Waals surface area contributed by atoms with Gasteiger partial charge in [0.1, 0.15) is 11.5 Å². The van der Waals surface area contributed by atoms with E-state index in [1.165, 1.54) is 11.9 Å². The number of amides is 3. The second-order valence-electron chi connectivity index (χ2n) is 9.85. The second kappa shape index (κ2) is 10.0. The van der Waals surface area contributed by atoms with Crippen molar-refractivity contribution in [1.82, 2.24) is 24.3 Å². The molecule has 0 atom stereocenters. The molecule has 37 heavy (non-hydrogen) atoms. The summed E-state index contributed by atoms with van der Waals surface area (Å²) in [7, 11) is 1.52. The first-order chi connectivity index (χ1) is 16.9. The number of nitrogens with zero attached hydrogens (tertiary/aromatic N) is 5. The normalized spacial score (nSPS) is 18.2. The van der Waals surface area contributed by atoms with Gasteiger partial charge in [0.2, 0.25) is 5.91 Å². The fraction of sp³-hybridized carbons (Fsp3) is 0.727. The number of imidazole rings is 1. The van der Waals surface area contributed by atoms with Gasteiger partial charge in [0.05, 0.1) is 6.54 Å². The molecule has 0 radical (unpaired) electrons. The lowest BCUT2D eigenvalue weighted by atomic mass is 9.88. The van der Waals surface area contributed by atoms with E-state index in [-0.39, 0.29) is 50.0 Å². The predicted octanol–water partition coefficient (Wildman–Crippen LogP) is 3.44. The standard InChI is InChI=1S/C22H29F6N5O4/c1-13(2)16(34)33-10-9-32-11-14(29-15(32)12-33)17(35)30(4)20(3)5-7-31(8-6-20)19(36)37-18(21(23,24)25)22(26,27)28/h11,13,18H,5-10,12H2,1-4H3. The van der Waals surface area contributed by atoms with E-state index < -0.39 is 36.0 Å². The van der Waals surface area contributed by atoms with Crippen molar-refractivity contribution in [3.63, 3.8) is 0 Å². The summed E-state index contributed by atoms with van der Waals surface area (Å²) in [6, 6.07) is 0. The number of rotatable bonds is 4. The number of alkyl halides is 6. The highest BCUT2D eigenvalue weighted by Gasteiger charge is 2.60. The maximum Gasteiger partial charge on any atom is 0.434 e. The molecule has 208 valence electrons. The number of likely N-dealkylation sites (tertiary alicyclic amines) is 1. The molecule has 3 amide bonds. The van der Waals surface area contributed by atoms with Crippen molar-refractivity contribution >= 4 is 17.9 Å². The average Bonchev–Trinajstić information content (AvgIpc) is 3.23. The summed E-state index contributed by atoms with van der Waals surface area (Å²) in [4.78, 5) is 45.8. The molecular formula is C22H29F6N5O4. The molecule has 0 bridgehead atoms. The van der Waals surface area contributed by atoms with Crippen LogP contribution in [0.4, 0.5) is 31.1 Å². The van der Waals surface area contributed by atoms with Gasteiger partial charge in [-0.3, -0.25) is 9.59 Å². The number of ether oxygens (including phenoxy) is 1. The average molecular weight is 541 g/mol. The van der Waals surface area contributed by atoms with Gasteiger partial charge in [0.25, 0.3) is 12.0 Å². The summed E-state index contributed by atoms with van der Waals surface area (Å²) in [6.45, 7) is 6.11. The van der Waals surface area contributed by atoms with E-state index in [2.05, 4.69) is 9.72 Å². The third kappa shape index (κ3) is 6.12. The van der Waals surface area contributed by atoms with Gasteiger partial charge in [-0.1, -0.05) is 13.8 Å². The number of carbonyl (C=O) groups is 3. The van der Waals surface area contributed by atoms with Crippen LogP contribution in [0.25, 0.3) is 0 Å². The molecule has 0 N–H and O–H groups in total. The van der Waals surface area contributed by atoms with E-state index in [1.807, 2.05) is 0 Å². The fourth-order valence-corrected chi connectivity index (χ4v) is 4.33. The van der Waals surface area contributed by atoms with Gasteiger partial charge in [0.15, 0.2) is 0 Å². The lowest BCUT2D eigenvalue weighted by molar-refractivity contribution is -0.308. The summed E-state index contributed by atoms with van der Waals surface area (Å²) in [6.07, 6.45) is -15.8. The Hall–Kier alpha value is -3.00. The van der Waals surface area contributed by atoms with Gasteiger partial charge in [-0.2, -0.15) is 26.3 Å². The molecule has 3 heterocycles. The predicted molar refractivity (Wildman–Crippen MR) is 116 cm³/mol. The van der Waals surface area contributed by atoms with E-state index in [9.17, 15) is 40.7 Å². The highest BCUT2D eigenvalue weighted by molar-refractivity contribution is 5.92. The molecule has 0 spiro atoms. The minimum Gasteiger partial charge on any atom is -0.426 e. The van der Waals surface area contributed by atoms with Crippen LogP contribution in [0, 0.1) is 5.92 Å². The number of hydrogen-bond acceptors (Lipinski definition) is 5. The first kappa shape index (κ1) is 28.6. The Bertz CT molecular complexity index is 1020. The van der Waals surface area contributed by atoms with Crippen LogP contribution >= 0.6 is 0 Å². The van der Waals surface area contributed by atoms with Crippen LogP contribution in [-0.2, 0) is 22.6 Å². The molecular weight excluding hydrogens is 512 g/mol. The molecule has 1 aromatic rings. The fourth-order valence-electron chi connectivity index (χ4n) is 4.33. The quantitative estimate of drug-likeness (QED) is 0.546. The van der Waals surface area contributed by atoms with Gasteiger partial charge in [0, 0.05) is 50.9 Å². The number of halogens is 6. The molecule has 2 aliphatic heterocycles. The summed E-state index contributed by atoms with van der Waals surface area (Å²) in [5, 5.41) is 0. The largest absolute Gasteiger partial charge is 0.434 e. The van der Waals surface area contributed by atoms with E-state index in [0.29, 0.717) is 18.9 Å². The number of fused-ring (bicyclic) bond motifs is 1. The monoisotopic (exact) mass is 541 g/mol. The van der Waals surface area contributed by atoms with Crippen LogP contribution in [0.3, 0.4) is 0 Å². The number of piperidine rings is 1. The van der Waals surface area contributed by atoms with Crippen LogP contribution in [0.5, 0.6) is 0 Å². The summed E-state index contributed by atoms with van der Waals surface area (Å²) in [5.41, 5.74) is -0.692. The Morgan fingerprint density at radius 3 is 2.08 bits per heavy atom. The van der Waals surface area contributed by atoms with E-state index >= 15 is 0 Å². The van der Waals surface area contributed by atoms with E-state index in [4.69, 9.17) is 0 Å². The number of aromatic nitrogens is 2. The Balaban J connectivity index is 1.63. The van der Waals surface area contributed by atoms with Crippen molar-refractivity contribution < 1.29 is 45.5 Å². The molecule has 0 saturated carbocycles. The first-order valence-corrected chi connectivity index (χ1v) is 11.7. The highest BCUT2D eigenvalue weighted by atomic mass is 19.4. The van der Waals surface area contributed by atoms with Crippen molar-refractivity contribution in [1.29, 1.82) is 0 Å². The van der Waals surface area contributed by atoms with Crippen molar-refractivity contribution in [2.75, 3.05) is 26.7 Å². The van der Waals surface area contributed by atoms with Crippen LogP contribution in [-0.4, -0.2) is 92.8 Å². The van der Waals surface area contributed by atoms with Gasteiger partial charge < -0.3 is 24.0 Å². The van der Waals surface area contributed by atoms with Gasteiger partial charge in [-0.05, 0) is 19.8 Å². The number of carbonyl (C=O) groups excluding carboxylic acids is 3. The lowest BCUT2D eigenvalue weighted by Gasteiger charge is -2.44. The SMILES string of the molecule is CC(C)C(=O)N1CCn2cc(C(=O)N(C)C3(C)CCN(C(=O)OC(C(F)(F)F)C(F)(F)F)CC3)nc2C1. The summed E-state index contributed by atoms with van der Waals surface area (Å²) >= 11 is 0. The maximum absolute atomic E-state index is 13.2. The molecule has 15 heteroatoms. The molecule has 0 unspecified atom stereocenters. The Morgan fingerprint density at radius 2 is 1.57 bits per heavy atom. The molecule has 3 rings (SSSR count). The zero-order valence-corrected chi connectivity index (χ0v) is 20.8. The second-order valence-corrected chi connectivity index (χ2v) is 9.85. The number of hydrogen-bond donors (Lipinski definition) is 0. The zero-order valence-electron chi connectivity index (χ0n) is 20.8.